The molecule has 7 nitrogen and oxygen atoms in total. The van der Waals surface area contributed by atoms with Crippen LogP contribution >= 0.6 is 0 Å². The summed E-state index contributed by atoms with van der Waals surface area (Å²) < 4.78 is 15.1. The molecule has 0 saturated heterocycles. The Labute approximate surface area is 189 Å². The Kier molecular flexibility index (Phi) is 5.10. The number of carbonyl (C=O) groups excluding carboxylic acids is 2. The number of benzene rings is 3. The number of fused-ring (bicyclic) bond motifs is 1. The first kappa shape index (κ1) is 20.4. The Morgan fingerprint density at radius 2 is 1.76 bits per heavy atom. The molecule has 0 aliphatic carbocycles. The van der Waals surface area contributed by atoms with Crippen molar-refractivity contribution in [2.45, 2.75) is 13.5 Å². The minimum absolute atomic E-state index is 0.218. The third kappa shape index (κ3) is 3.94. The van der Waals surface area contributed by atoms with Gasteiger partial charge in [-0.05, 0) is 60.0 Å². The summed E-state index contributed by atoms with van der Waals surface area (Å²) in [6.07, 6.45) is 3.30. The zero-order chi connectivity index (χ0) is 22.9. The van der Waals surface area contributed by atoms with Crippen molar-refractivity contribution in [2.24, 2.45) is 0 Å². The van der Waals surface area contributed by atoms with Crippen LogP contribution in [0.5, 0.6) is 0 Å². The van der Waals surface area contributed by atoms with E-state index in [0.717, 1.165) is 5.56 Å². The molecule has 0 saturated carbocycles. The molecule has 3 aromatic carbocycles. The van der Waals surface area contributed by atoms with E-state index in [4.69, 9.17) is 0 Å². The minimum atomic E-state index is -0.504. The van der Waals surface area contributed by atoms with Crippen LogP contribution in [0, 0.1) is 12.7 Å². The van der Waals surface area contributed by atoms with Crippen LogP contribution in [0.1, 0.15) is 21.5 Å². The van der Waals surface area contributed by atoms with E-state index >= 15 is 4.39 Å². The molecule has 1 aliphatic rings. The molecular formula is C25H20FN5O2. The van der Waals surface area contributed by atoms with E-state index in [0.29, 0.717) is 51.6 Å². The number of aryl methyl sites for hydroxylation is 1. The molecular weight excluding hydrogens is 421 g/mol. The van der Waals surface area contributed by atoms with Gasteiger partial charge in [0.2, 0.25) is 0 Å². The Hall–Kier alpha value is -4.46. The second-order valence-corrected chi connectivity index (χ2v) is 7.78. The van der Waals surface area contributed by atoms with Crippen LogP contribution in [-0.2, 0) is 6.54 Å². The maximum atomic E-state index is 15.1. The maximum Gasteiger partial charge on any atom is 0.323 e. The standard InChI is InChI=1S/C25H20FN5O2/c1-14-3-2-4-15(11-14)30-25(33)31-16-5-6-18(21(26)12-16)17-7-8-19(23-27-9-10-28-23)22-20(17)13-29-24(22)32/h2-12H,13H2,1H3,(H,27,28)(H,29,32)(H2,30,31,33). The van der Waals surface area contributed by atoms with Crippen molar-refractivity contribution in [2.75, 3.05) is 10.6 Å². The molecule has 8 heteroatoms. The largest absolute Gasteiger partial charge is 0.348 e. The molecule has 33 heavy (non-hydrogen) atoms. The minimum Gasteiger partial charge on any atom is -0.348 e. The Balaban J connectivity index is 1.42. The number of aromatic nitrogens is 2. The lowest BCUT2D eigenvalue weighted by Crippen LogP contribution is -2.19. The molecule has 3 amide bonds. The number of urea groups is 1. The molecule has 1 aromatic heterocycles. The molecule has 0 unspecified atom stereocenters. The van der Waals surface area contributed by atoms with Gasteiger partial charge in [-0.25, -0.2) is 14.2 Å². The van der Waals surface area contributed by atoms with Gasteiger partial charge < -0.3 is 20.9 Å². The lowest BCUT2D eigenvalue weighted by atomic mass is 9.92. The number of hydrogen-bond acceptors (Lipinski definition) is 3. The van der Waals surface area contributed by atoms with Crippen molar-refractivity contribution in [3.05, 3.63) is 89.5 Å². The highest BCUT2D eigenvalue weighted by atomic mass is 19.1. The number of H-pyrrole nitrogens is 1. The second-order valence-electron chi connectivity index (χ2n) is 7.78. The van der Waals surface area contributed by atoms with Gasteiger partial charge in [0.1, 0.15) is 11.6 Å². The molecule has 4 aromatic rings. The van der Waals surface area contributed by atoms with Gasteiger partial charge in [0.15, 0.2) is 0 Å². The fourth-order valence-corrected chi connectivity index (χ4v) is 4.04. The summed E-state index contributed by atoms with van der Waals surface area (Å²) in [6.45, 7) is 2.23. The predicted molar refractivity (Wildman–Crippen MR) is 124 cm³/mol. The van der Waals surface area contributed by atoms with Crippen LogP contribution in [0.4, 0.5) is 20.6 Å². The first-order valence-electron chi connectivity index (χ1n) is 10.4. The highest BCUT2D eigenvalue weighted by molar-refractivity contribution is 6.06. The number of nitrogens with one attached hydrogen (secondary N) is 4. The van der Waals surface area contributed by atoms with Crippen LogP contribution in [0.25, 0.3) is 22.5 Å². The number of imidazole rings is 1. The first-order chi connectivity index (χ1) is 16.0. The van der Waals surface area contributed by atoms with Crippen LogP contribution < -0.4 is 16.0 Å². The normalized spacial score (nSPS) is 12.2. The van der Waals surface area contributed by atoms with Gasteiger partial charge in [0.05, 0.1) is 5.56 Å². The zero-order valence-corrected chi connectivity index (χ0v) is 17.7. The molecule has 1 aliphatic heterocycles. The second kappa shape index (κ2) is 8.23. The van der Waals surface area contributed by atoms with Gasteiger partial charge in [0.25, 0.3) is 5.91 Å². The SMILES string of the molecule is Cc1cccc(NC(=O)Nc2ccc(-c3ccc(-c4ncc[nH]4)c4c3CNC4=O)c(F)c2)c1. The third-order valence-electron chi connectivity index (χ3n) is 5.51. The summed E-state index contributed by atoms with van der Waals surface area (Å²) >= 11 is 0. The van der Waals surface area contributed by atoms with Crippen LogP contribution in [0.2, 0.25) is 0 Å². The summed E-state index contributed by atoms with van der Waals surface area (Å²) in [5.41, 5.74) is 4.81. The molecule has 4 N–H and O–H groups in total. The molecule has 164 valence electrons. The summed E-state index contributed by atoms with van der Waals surface area (Å²) in [5.74, 6) is -0.144. The summed E-state index contributed by atoms with van der Waals surface area (Å²) in [6, 6.07) is 15.0. The Bertz CT molecular complexity index is 1380. The third-order valence-corrected chi connectivity index (χ3v) is 5.51. The average molecular weight is 441 g/mol. The molecule has 5 rings (SSSR count). The highest BCUT2D eigenvalue weighted by Crippen LogP contribution is 2.36. The van der Waals surface area contributed by atoms with E-state index in [1.807, 2.05) is 25.1 Å². The summed E-state index contributed by atoms with van der Waals surface area (Å²) in [5, 5.41) is 8.19. The average Bonchev–Trinajstić information content (AvgIpc) is 3.44. The van der Waals surface area contributed by atoms with E-state index in [2.05, 4.69) is 25.9 Å². The van der Waals surface area contributed by atoms with E-state index < -0.39 is 11.8 Å². The maximum absolute atomic E-state index is 15.1. The number of anilines is 2. The number of nitrogens with zero attached hydrogens (tertiary/aromatic N) is 1. The Morgan fingerprint density at radius 1 is 1.00 bits per heavy atom. The van der Waals surface area contributed by atoms with Crippen molar-refractivity contribution in [3.8, 4) is 22.5 Å². The van der Waals surface area contributed by atoms with Gasteiger partial charge >= 0.3 is 6.03 Å². The van der Waals surface area contributed by atoms with Crippen LogP contribution in [-0.4, -0.2) is 21.9 Å². The van der Waals surface area contributed by atoms with E-state index in [9.17, 15) is 9.59 Å². The number of carbonyl (C=O) groups is 2. The van der Waals surface area contributed by atoms with Crippen molar-refractivity contribution in [1.82, 2.24) is 15.3 Å². The van der Waals surface area contributed by atoms with E-state index in [-0.39, 0.29) is 5.91 Å². The van der Waals surface area contributed by atoms with Crippen LogP contribution in [0.3, 0.4) is 0 Å². The van der Waals surface area contributed by atoms with Crippen molar-refractivity contribution in [1.29, 1.82) is 0 Å². The monoisotopic (exact) mass is 441 g/mol. The van der Waals surface area contributed by atoms with Gasteiger partial charge in [-0.1, -0.05) is 18.2 Å². The molecule has 0 bridgehead atoms. The van der Waals surface area contributed by atoms with E-state index in [1.165, 1.54) is 6.07 Å². The highest BCUT2D eigenvalue weighted by Gasteiger charge is 2.28. The van der Waals surface area contributed by atoms with Gasteiger partial charge in [0, 0.05) is 41.4 Å². The van der Waals surface area contributed by atoms with Crippen molar-refractivity contribution < 1.29 is 14.0 Å². The van der Waals surface area contributed by atoms with Gasteiger partial charge in [-0.2, -0.15) is 0 Å². The van der Waals surface area contributed by atoms with E-state index in [1.54, 1.807) is 42.7 Å². The summed E-state index contributed by atoms with van der Waals surface area (Å²) in [7, 11) is 0. The van der Waals surface area contributed by atoms with Crippen LogP contribution in [0.15, 0.2) is 67.0 Å². The molecule has 0 atom stereocenters. The zero-order valence-electron chi connectivity index (χ0n) is 17.7. The molecule has 0 spiro atoms. The fourth-order valence-electron chi connectivity index (χ4n) is 4.04. The Morgan fingerprint density at radius 3 is 2.48 bits per heavy atom. The smallest absolute Gasteiger partial charge is 0.323 e. The number of amides is 3. The predicted octanol–water partition coefficient (Wildman–Crippen LogP) is 5.08. The molecule has 2 heterocycles. The van der Waals surface area contributed by atoms with Crippen molar-refractivity contribution in [3.63, 3.8) is 0 Å². The number of rotatable bonds is 4. The lowest BCUT2D eigenvalue weighted by Gasteiger charge is -2.13. The molecule has 0 radical (unpaired) electrons. The fraction of sp³-hybridized carbons (Fsp3) is 0.0800. The summed E-state index contributed by atoms with van der Waals surface area (Å²) in [4.78, 5) is 32.0. The van der Waals surface area contributed by atoms with Crippen molar-refractivity contribution >= 4 is 23.3 Å². The quantitative estimate of drug-likeness (QED) is 0.355. The number of aromatic amines is 1. The topological polar surface area (TPSA) is 98.9 Å². The van der Waals surface area contributed by atoms with Gasteiger partial charge in [-0.15, -0.1) is 0 Å². The molecule has 0 fully saturated rings. The lowest BCUT2D eigenvalue weighted by molar-refractivity contribution is 0.0966. The number of halogens is 1. The van der Waals surface area contributed by atoms with Gasteiger partial charge in [-0.3, -0.25) is 4.79 Å². The number of hydrogen-bond donors (Lipinski definition) is 4. The first-order valence-corrected chi connectivity index (χ1v) is 10.4.